The molecule has 3 atom stereocenters. The zero-order valence-electron chi connectivity index (χ0n) is 10.7. The van der Waals surface area contributed by atoms with Gasteiger partial charge in [0.1, 0.15) is 5.75 Å². The highest BCUT2D eigenvalue weighted by atomic mass is 16.5. The monoisotopic (exact) mass is 248 g/mol. The van der Waals surface area contributed by atoms with Crippen LogP contribution in [0.25, 0.3) is 0 Å². The van der Waals surface area contributed by atoms with Crippen molar-refractivity contribution >= 4 is 0 Å². The average Bonchev–Trinajstić information content (AvgIpc) is 2.99. The van der Waals surface area contributed by atoms with Gasteiger partial charge in [0.2, 0.25) is 0 Å². The van der Waals surface area contributed by atoms with E-state index in [1.54, 1.807) is 0 Å². The quantitative estimate of drug-likeness (QED) is 0.629. The van der Waals surface area contributed by atoms with E-state index in [1.807, 2.05) is 0 Å². The molecule has 4 nitrogen and oxygen atoms in total. The molecule has 1 saturated heterocycles. The van der Waals surface area contributed by atoms with Crippen molar-refractivity contribution in [3.63, 3.8) is 0 Å². The topological polar surface area (TPSA) is 56.5 Å². The Labute approximate surface area is 107 Å². The Hall–Kier alpha value is -1.10. The molecule has 3 unspecified atom stereocenters. The maximum Gasteiger partial charge on any atom is 0.122 e. The first-order valence-electron chi connectivity index (χ1n) is 6.63. The predicted octanol–water partition coefficient (Wildman–Crippen LogP) is 1.55. The first-order chi connectivity index (χ1) is 8.79. The highest BCUT2D eigenvalue weighted by Gasteiger charge is 2.32. The van der Waals surface area contributed by atoms with Crippen LogP contribution in [0.4, 0.5) is 0 Å². The lowest BCUT2D eigenvalue weighted by Crippen LogP contribution is -2.36. The van der Waals surface area contributed by atoms with E-state index in [9.17, 15) is 0 Å². The summed E-state index contributed by atoms with van der Waals surface area (Å²) in [6, 6.07) is 6.55. The van der Waals surface area contributed by atoms with Crippen LogP contribution in [0, 0.1) is 5.92 Å². The minimum Gasteiger partial charge on any atom is -0.493 e. The molecule has 0 spiro atoms. The average molecular weight is 248 g/mol. The first kappa shape index (κ1) is 12.0. The van der Waals surface area contributed by atoms with Gasteiger partial charge in [-0.25, -0.2) is 0 Å². The highest BCUT2D eigenvalue weighted by Crippen LogP contribution is 2.35. The summed E-state index contributed by atoms with van der Waals surface area (Å²) >= 11 is 0. The molecular formula is C14H20N2O2. The molecule has 1 aromatic carbocycles. The Morgan fingerprint density at radius 1 is 1.39 bits per heavy atom. The molecule has 0 radical (unpaired) electrons. The number of hydrazine groups is 1. The zero-order chi connectivity index (χ0) is 12.5. The number of rotatable bonds is 3. The van der Waals surface area contributed by atoms with Gasteiger partial charge in [-0.05, 0) is 30.5 Å². The fraction of sp³-hybridized carbons (Fsp3) is 0.571. The van der Waals surface area contributed by atoms with Crippen LogP contribution in [0.5, 0.6) is 5.75 Å². The molecule has 1 fully saturated rings. The number of hydrogen-bond acceptors (Lipinski definition) is 4. The molecule has 98 valence electrons. The van der Waals surface area contributed by atoms with Gasteiger partial charge in [0, 0.05) is 18.9 Å². The lowest BCUT2D eigenvalue weighted by molar-refractivity contribution is 0.0954. The minimum atomic E-state index is 0.161. The summed E-state index contributed by atoms with van der Waals surface area (Å²) < 4.78 is 11.2. The smallest absolute Gasteiger partial charge is 0.122 e. The largest absolute Gasteiger partial charge is 0.493 e. The van der Waals surface area contributed by atoms with Crippen molar-refractivity contribution in [2.75, 3.05) is 13.2 Å². The third kappa shape index (κ3) is 2.00. The summed E-state index contributed by atoms with van der Waals surface area (Å²) in [6.07, 6.45) is 2.32. The van der Waals surface area contributed by atoms with Gasteiger partial charge in [0.25, 0.3) is 0 Å². The van der Waals surface area contributed by atoms with Crippen LogP contribution in [0.1, 0.15) is 30.5 Å². The zero-order valence-corrected chi connectivity index (χ0v) is 10.7. The first-order valence-corrected chi connectivity index (χ1v) is 6.63. The van der Waals surface area contributed by atoms with Gasteiger partial charge in [-0.15, -0.1) is 0 Å². The van der Waals surface area contributed by atoms with Crippen LogP contribution >= 0.6 is 0 Å². The van der Waals surface area contributed by atoms with E-state index in [1.165, 1.54) is 11.1 Å². The van der Waals surface area contributed by atoms with Crippen LogP contribution in [0.15, 0.2) is 18.2 Å². The molecule has 2 aliphatic rings. The molecular weight excluding hydrogens is 228 g/mol. The summed E-state index contributed by atoms with van der Waals surface area (Å²) in [7, 11) is 0. The van der Waals surface area contributed by atoms with Crippen molar-refractivity contribution in [3.05, 3.63) is 29.3 Å². The highest BCUT2D eigenvalue weighted by molar-refractivity contribution is 5.41. The Balaban J connectivity index is 1.87. The summed E-state index contributed by atoms with van der Waals surface area (Å²) in [5, 5.41) is 0. The van der Waals surface area contributed by atoms with Crippen LogP contribution in [-0.4, -0.2) is 19.3 Å². The van der Waals surface area contributed by atoms with Gasteiger partial charge in [-0.1, -0.05) is 12.1 Å². The third-order valence-electron chi connectivity index (χ3n) is 4.12. The van der Waals surface area contributed by atoms with Crippen LogP contribution in [0.3, 0.4) is 0 Å². The number of ether oxygens (including phenoxy) is 2. The number of nitrogens with one attached hydrogen (secondary N) is 1. The number of benzene rings is 1. The number of hydrogen-bond donors (Lipinski definition) is 2. The molecule has 3 N–H and O–H groups in total. The number of nitrogens with two attached hydrogens (primary N) is 1. The molecule has 0 saturated carbocycles. The van der Waals surface area contributed by atoms with Crippen molar-refractivity contribution in [2.24, 2.45) is 11.8 Å². The van der Waals surface area contributed by atoms with Gasteiger partial charge in [-0.2, -0.15) is 0 Å². The summed E-state index contributed by atoms with van der Waals surface area (Å²) in [5.74, 6) is 7.21. The van der Waals surface area contributed by atoms with Crippen molar-refractivity contribution in [2.45, 2.75) is 31.9 Å². The van der Waals surface area contributed by atoms with Crippen LogP contribution < -0.4 is 16.0 Å². The molecule has 0 bridgehead atoms. The second-order valence-corrected chi connectivity index (χ2v) is 5.14. The summed E-state index contributed by atoms with van der Waals surface area (Å²) in [6.45, 7) is 3.75. The SMILES string of the molecule is CC1OCCC1C(NN)c1ccc2c(c1)CCO2. The maximum atomic E-state index is 5.76. The van der Waals surface area contributed by atoms with E-state index >= 15 is 0 Å². The molecule has 0 aromatic heterocycles. The van der Waals surface area contributed by atoms with Gasteiger partial charge in [0.05, 0.1) is 18.8 Å². The molecule has 0 aliphatic carbocycles. The number of fused-ring (bicyclic) bond motifs is 1. The summed E-state index contributed by atoms with van der Waals surface area (Å²) in [5.41, 5.74) is 5.49. The molecule has 0 amide bonds. The fourth-order valence-corrected chi connectivity index (χ4v) is 3.05. The van der Waals surface area contributed by atoms with Crippen molar-refractivity contribution in [3.8, 4) is 5.75 Å². The normalized spacial score (nSPS) is 27.9. The molecule has 18 heavy (non-hydrogen) atoms. The third-order valence-corrected chi connectivity index (χ3v) is 4.12. The Kier molecular flexibility index (Phi) is 3.24. The Bertz CT molecular complexity index is 436. The van der Waals surface area contributed by atoms with E-state index in [2.05, 4.69) is 30.5 Å². The lowest BCUT2D eigenvalue weighted by Gasteiger charge is -2.25. The molecule has 4 heteroatoms. The van der Waals surface area contributed by atoms with Gasteiger partial charge >= 0.3 is 0 Å². The molecule has 3 rings (SSSR count). The predicted molar refractivity (Wildman–Crippen MR) is 69.2 cm³/mol. The Morgan fingerprint density at radius 2 is 2.28 bits per heavy atom. The second kappa shape index (κ2) is 4.88. The van der Waals surface area contributed by atoms with Crippen molar-refractivity contribution < 1.29 is 9.47 Å². The van der Waals surface area contributed by atoms with E-state index < -0.39 is 0 Å². The van der Waals surface area contributed by atoms with Crippen LogP contribution in [-0.2, 0) is 11.2 Å². The summed E-state index contributed by atoms with van der Waals surface area (Å²) in [4.78, 5) is 0. The van der Waals surface area contributed by atoms with E-state index in [-0.39, 0.29) is 12.1 Å². The van der Waals surface area contributed by atoms with Gasteiger partial charge < -0.3 is 9.47 Å². The standard InChI is InChI=1S/C14H20N2O2/c1-9-12(5-7-17-9)14(16-15)11-2-3-13-10(8-11)4-6-18-13/h2-3,8-9,12,14,16H,4-7,15H2,1H3. The van der Waals surface area contributed by atoms with Crippen molar-refractivity contribution in [1.82, 2.24) is 5.43 Å². The molecule has 2 aliphatic heterocycles. The van der Waals surface area contributed by atoms with Gasteiger partial charge in [0.15, 0.2) is 0 Å². The van der Waals surface area contributed by atoms with E-state index in [4.69, 9.17) is 15.3 Å². The Morgan fingerprint density at radius 3 is 3.00 bits per heavy atom. The maximum absolute atomic E-state index is 5.76. The molecule has 1 aromatic rings. The van der Waals surface area contributed by atoms with E-state index in [0.717, 1.165) is 31.8 Å². The fourth-order valence-electron chi connectivity index (χ4n) is 3.05. The molecule has 2 heterocycles. The van der Waals surface area contributed by atoms with E-state index in [0.29, 0.717) is 5.92 Å². The van der Waals surface area contributed by atoms with Gasteiger partial charge in [-0.3, -0.25) is 11.3 Å². The van der Waals surface area contributed by atoms with Crippen molar-refractivity contribution in [1.29, 1.82) is 0 Å². The van der Waals surface area contributed by atoms with Crippen LogP contribution in [0.2, 0.25) is 0 Å². The minimum absolute atomic E-state index is 0.161. The second-order valence-electron chi connectivity index (χ2n) is 5.14. The lowest BCUT2D eigenvalue weighted by atomic mass is 9.88.